The first-order valence-corrected chi connectivity index (χ1v) is 6.97. The molecule has 0 bridgehead atoms. The van der Waals surface area contributed by atoms with Crippen LogP contribution in [0.3, 0.4) is 0 Å². The third-order valence-corrected chi connectivity index (χ3v) is 3.27. The first kappa shape index (κ1) is 13.7. The third kappa shape index (κ3) is 4.15. The van der Waals surface area contributed by atoms with E-state index in [2.05, 4.69) is 4.98 Å². The van der Waals surface area contributed by atoms with Crippen LogP contribution in [0.2, 0.25) is 0 Å². The zero-order valence-corrected chi connectivity index (χ0v) is 11.6. The van der Waals surface area contributed by atoms with Gasteiger partial charge in [-0.2, -0.15) is 0 Å². The highest BCUT2D eigenvalue weighted by atomic mass is 32.1. The fourth-order valence-corrected chi connectivity index (χ4v) is 2.11. The molecule has 5 heteroatoms. The monoisotopic (exact) mass is 276 g/mol. The van der Waals surface area contributed by atoms with Gasteiger partial charge < -0.3 is 9.64 Å². The molecule has 1 aromatic carbocycles. The van der Waals surface area contributed by atoms with Gasteiger partial charge >= 0.3 is 0 Å². The molecule has 0 saturated heterocycles. The molecule has 0 radical (unpaired) electrons. The fourth-order valence-electron chi connectivity index (χ4n) is 1.58. The summed E-state index contributed by atoms with van der Waals surface area (Å²) in [6.45, 7) is 1.64. The SMILES string of the molecule is CN(CCOCc1ccccc1)C(=O)c1cscn1. The quantitative estimate of drug-likeness (QED) is 0.761. The van der Waals surface area contributed by atoms with Crippen LogP contribution in [-0.2, 0) is 11.3 Å². The molecule has 0 aliphatic rings. The molecule has 2 rings (SSSR count). The Morgan fingerprint density at radius 3 is 2.84 bits per heavy atom. The average Bonchev–Trinajstić information content (AvgIpc) is 2.98. The van der Waals surface area contributed by atoms with Crippen molar-refractivity contribution in [2.45, 2.75) is 6.61 Å². The van der Waals surface area contributed by atoms with E-state index in [1.165, 1.54) is 11.3 Å². The zero-order chi connectivity index (χ0) is 13.5. The van der Waals surface area contributed by atoms with Crippen molar-refractivity contribution in [1.29, 1.82) is 0 Å². The van der Waals surface area contributed by atoms with Crippen LogP contribution in [0, 0.1) is 0 Å². The molecule has 19 heavy (non-hydrogen) atoms. The lowest BCUT2D eigenvalue weighted by Crippen LogP contribution is -2.30. The minimum atomic E-state index is -0.0652. The first-order valence-electron chi connectivity index (χ1n) is 6.02. The Morgan fingerprint density at radius 2 is 2.16 bits per heavy atom. The molecule has 0 aliphatic heterocycles. The number of carbonyl (C=O) groups excluding carboxylic acids is 1. The predicted octanol–water partition coefficient (Wildman–Crippen LogP) is 2.43. The number of aromatic nitrogens is 1. The number of amides is 1. The Bertz CT molecular complexity index is 499. The Balaban J connectivity index is 1.70. The summed E-state index contributed by atoms with van der Waals surface area (Å²) in [5, 5.41) is 1.75. The number of thiazole rings is 1. The molecule has 0 unspecified atom stereocenters. The summed E-state index contributed by atoms with van der Waals surface area (Å²) in [6.07, 6.45) is 0. The van der Waals surface area contributed by atoms with Crippen molar-refractivity contribution in [3.63, 3.8) is 0 Å². The normalized spacial score (nSPS) is 10.4. The van der Waals surface area contributed by atoms with Crippen LogP contribution in [0.4, 0.5) is 0 Å². The van der Waals surface area contributed by atoms with Crippen molar-refractivity contribution in [2.75, 3.05) is 20.2 Å². The van der Waals surface area contributed by atoms with E-state index >= 15 is 0 Å². The topological polar surface area (TPSA) is 42.4 Å². The Labute approximate surface area is 116 Å². The van der Waals surface area contributed by atoms with E-state index in [0.29, 0.717) is 25.5 Å². The van der Waals surface area contributed by atoms with Gasteiger partial charge in [-0.1, -0.05) is 30.3 Å². The number of ether oxygens (including phenoxy) is 1. The Morgan fingerprint density at radius 1 is 1.37 bits per heavy atom. The van der Waals surface area contributed by atoms with E-state index in [1.54, 1.807) is 22.8 Å². The van der Waals surface area contributed by atoms with Gasteiger partial charge in [0.25, 0.3) is 5.91 Å². The van der Waals surface area contributed by atoms with Crippen molar-refractivity contribution in [3.8, 4) is 0 Å². The summed E-state index contributed by atoms with van der Waals surface area (Å²) >= 11 is 1.42. The lowest BCUT2D eigenvalue weighted by molar-refractivity contribution is 0.0666. The summed E-state index contributed by atoms with van der Waals surface area (Å²) < 4.78 is 5.55. The smallest absolute Gasteiger partial charge is 0.273 e. The maximum atomic E-state index is 11.9. The summed E-state index contributed by atoms with van der Waals surface area (Å²) in [6, 6.07) is 9.98. The van der Waals surface area contributed by atoms with Crippen LogP contribution in [-0.4, -0.2) is 36.0 Å². The number of benzene rings is 1. The van der Waals surface area contributed by atoms with E-state index in [0.717, 1.165) is 5.56 Å². The second-order valence-electron chi connectivity index (χ2n) is 4.14. The second kappa shape index (κ2) is 7.01. The predicted molar refractivity (Wildman–Crippen MR) is 75.2 cm³/mol. The van der Waals surface area contributed by atoms with Crippen molar-refractivity contribution in [2.24, 2.45) is 0 Å². The highest BCUT2D eigenvalue weighted by Crippen LogP contribution is 2.05. The summed E-state index contributed by atoms with van der Waals surface area (Å²) in [7, 11) is 1.76. The lowest BCUT2D eigenvalue weighted by atomic mass is 10.2. The minimum absolute atomic E-state index is 0.0652. The first-order chi connectivity index (χ1) is 9.27. The fraction of sp³-hybridized carbons (Fsp3) is 0.286. The average molecular weight is 276 g/mol. The minimum Gasteiger partial charge on any atom is -0.375 e. The molecule has 0 saturated carbocycles. The molecule has 0 N–H and O–H groups in total. The van der Waals surface area contributed by atoms with Crippen molar-refractivity contribution < 1.29 is 9.53 Å². The van der Waals surface area contributed by atoms with E-state index in [1.807, 2.05) is 30.3 Å². The van der Waals surface area contributed by atoms with Gasteiger partial charge in [-0.15, -0.1) is 11.3 Å². The lowest BCUT2D eigenvalue weighted by Gasteiger charge is -2.15. The Hall–Kier alpha value is -1.72. The van der Waals surface area contributed by atoms with Gasteiger partial charge in [-0.05, 0) is 5.56 Å². The summed E-state index contributed by atoms with van der Waals surface area (Å²) in [4.78, 5) is 17.5. The molecule has 0 fully saturated rings. The summed E-state index contributed by atoms with van der Waals surface area (Å²) in [5.41, 5.74) is 3.29. The van der Waals surface area contributed by atoms with Gasteiger partial charge in [-0.25, -0.2) is 4.98 Å². The molecular weight excluding hydrogens is 260 g/mol. The number of carbonyl (C=O) groups is 1. The van der Waals surface area contributed by atoms with Crippen molar-refractivity contribution >= 4 is 17.2 Å². The number of hydrogen-bond donors (Lipinski definition) is 0. The molecule has 2 aromatic rings. The summed E-state index contributed by atoms with van der Waals surface area (Å²) in [5.74, 6) is -0.0652. The van der Waals surface area contributed by atoms with Crippen LogP contribution < -0.4 is 0 Å². The highest BCUT2D eigenvalue weighted by molar-refractivity contribution is 7.07. The second-order valence-corrected chi connectivity index (χ2v) is 4.86. The van der Waals surface area contributed by atoms with Crippen LogP contribution >= 0.6 is 11.3 Å². The molecule has 4 nitrogen and oxygen atoms in total. The van der Waals surface area contributed by atoms with Gasteiger partial charge in [0.2, 0.25) is 0 Å². The van der Waals surface area contributed by atoms with Gasteiger partial charge in [0.05, 0.1) is 18.7 Å². The molecular formula is C14H16N2O2S. The van der Waals surface area contributed by atoms with Crippen molar-refractivity contribution in [1.82, 2.24) is 9.88 Å². The van der Waals surface area contributed by atoms with E-state index in [-0.39, 0.29) is 5.91 Å². The van der Waals surface area contributed by atoms with Gasteiger partial charge in [0.1, 0.15) is 5.69 Å². The number of likely N-dealkylation sites (N-methyl/N-ethyl adjacent to an activating group) is 1. The molecule has 1 aromatic heterocycles. The van der Waals surface area contributed by atoms with Crippen molar-refractivity contribution in [3.05, 3.63) is 52.5 Å². The molecule has 100 valence electrons. The van der Waals surface area contributed by atoms with Crippen LogP contribution in [0.15, 0.2) is 41.2 Å². The largest absolute Gasteiger partial charge is 0.375 e. The van der Waals surface area contributed by atoms with Gasteiger partial charge in [-0.3, -0.25) is 4.79 Å². The van der Waals surface area contributed by atoms with E-state index in [9.17, 15) is 4.79 Å². The molecule has 1 amide bonds. The maximum Gasteiger partial charge on any atom is 0.273 e. The number of hydrogen-bond acceptors (Lipinski definition) is 4. The Kier molecular flexibility index (Phi) is 5.06. The van der Waals surface area contributed by atoms with Gasteiger partial charge in [0.15, 0.2) is 0 Å². The van der Waals surface area contributed by atoms with E-state index < -0.39 is 0 Å². The third-order valence-electron chi connectivity index (χ3n) is 2.68. The molecule has 1 heterocycles. The maximum absolute atomic E-state index is 11.9. The molecule has 0 atom stereocenters. The van der Waals surface area contributed by atoms with Crippen LogP contribution in [0.5, 0.6) is 0 Å². The standard InChI is InChI=1S/C14H16N2O2S/c1-16(14(17)13-10-19-11-15-13)7-8-18-9-12-5-3-2-4-6-12/h2-6,10-11H,7-9H2,1H3. The van der Waals surface area contributed by atoms with Crippen LogP contribution in [0.25, 0.3) is 0 Å². The molecule has 0 spiro atoms. The zero-order valence-electron chi connectivity index (χ0n) is 10.8. The molecule has 0 aliphatic carbocycles. The highest BCUT2D eigenvalue weighted by Gasteiger charge is 2.12. The van der Waals surface area contributed by atoms with Crippen LogP contribution in [0.1, 0.15) is 16.1 Å². The van der Waals surface area contributed by atoms with E-state index in [4.69, 9.17) is 4.74 Å². The number of rotatable bonds is 6. The number of nitrogens with zero attached hydrogens (tertiary/aromatic N) is 2. The van der Waals surface area contributed by atoms with Gasteiger partial charge in [0, 0.05) is 19.0 Å².